The zero-order chi connectivity index (χ0) is 10.6. The molecule has 0 N–H and O–H groups in total. The highest BCUT2D eigenvalue weighted by Gasteiger charge is 2.34. The van der Waals surface area contributed by atoms with E-state index in [-0.39, 0.29) is 0 Å². The summed E-state index contributed by atoms with van der Waals surface area (Å²) in [6.45, 7) is 6.75. The van der Waals surface area contributed by atoms with Crippen LogP contribution in [0.5, 0.6) is 0 Å². The minimum Gasteiger partial charge on any atom is -0.497 e. The van der Waals surface area contributed by atoms with Crippen LogP contribution in [0.1, 0.15) is 27.2 Å². The monoisotopic (exact) mass is 220 g/mol. The average Bonchev–Trinajstić information content (AvgIpc) is 2.52. The Morgan fingerprint density at radius 1 is 1.36 bits per heavy atom. The van der Waals surface area contributed by atoms with E-state index in [9.17, 15) is 4.57 Å². The zero-order valence-corrected chi connectivity index (χ0v) is 9.80. The third kappa shape index (κ3) is 2.38. The van der Waals surface area contributed by atoms with Crippen LogP contribution in [0.4, 0.5) is 0 Å². The van der Waals surface area contributed by atoms with Crippen LogP contribution in [0.3, 0.4) is 0 Å². The highest BCUT2D eigenvalue weighted by molar-refractivity contribution is 7.58. The number of hydrogen-bond donors (Lipinski definition) is 0. The summed E-state index contributed by atoms with van der Waals surface area (Å²) in [5, 5.41) is 0.696. The fourth-order valence-electron chi connectivity index (χ4n) is 1.42. The molecule has 0 fully saturated rings. The molecule has 82 valence electrons. The van der Waals surface area contributed by atoms with Crippen molar-refractivity contribution in [3.05, 3.63) is 11.1 Å². The molecule has 0 saturated heterocycles. The summed E-state index contributed by atoms with van der Waals surface area (Å²) in [7, 11) is -3.07. The molecule has 0 atom stereocenters. The second kappa shape index (κ2) is 4.96. The molecule has 0 aromatic rings. The number of allylic oxidation sites excluding steroid dienone is 1. The molecular formula is C9H17O4P. The Hall–Kier alpha value is -0.310. The van der Waals surface area contributed by atoms with Crippen LogP contribution in [0.2, 0.25) is 0 Å². The van der Waals surface area contributed by atoms with Crippen molar-refractivity contribution in [2.45, 2.75) is 27.2 Å². The fraction of sp³-hybridized carbons (Fsp3) is 0.778. The lowest BCUT2D eigenvalue weighted by atomic mass is 10.4. The summed E-state index contributed by atoms with van der Waals surface area (Å²) in [4.78, 5) is 0. The van der Waals surface area contributed by atoms with Crippen molar-refractivity contribution in [1.82, 2.24) is 0 Å². The lowest BCUT2D eigenvalue weighted by molar-refractivity contribution is 0.225. The SMILES string of the molecule is CCOP(=O)(OCC)C1=C(C)OCC1. The van der Waals surface area contributed by atoms with Gasteiger partial charge in [0.25, 0.3) is 0 Å². The van der Waals surface area contributed by atoms with Crippen molar-refractivity contribution in [1.29, 1.82) is 0 Å². The fourth-order valence-corrected chi connectivity index (χ4v) is 3.30. The Morgan fingerprint density at radius 2 is 1.93 bits per heavy atom. The molecule has 0 saturated carbocycles. The molecule has 1 heterocycles. The van der Waals surface area contributed by atoms with Gasteiger partial charge in [0, 0.05) is 6.42 Å². The molecule has 0 spiro atoms. The van der Waals surface area contributed by atoms with Gasteiger partial charge < -0.3 is 13.8 Å². The first-order chi connectivity index (χ1) is 6.64. The zero-order valence-electron chi connectivity index (χ0n) is 8.91. The van der Waals surface area contributed by atoms with Crippen LogP contribution in [-0.4, -0.2) is 19.8 Å². The molecule has 14 heavy (non-hydrogen) atoms. The first kappa shape index (κ1) is 11.8. The van der Waals surface area contributed by atoms with Crippen molar-refractivity contribution >= 4 is 7.60 Å². The van der Waals surface area contributed by atoms with Crippen molar-refractivity contribution in [2.75, 3.05) is 19.8 Å². The van der Waals surface area contributed by atoms with E-state index in [1.807, 2.05) is 0 Å². The topological polar surface area (TPSA) is 44.8 Å². The molecule has 1 aliphatic heterocycles. The molecule has 0 aromatic carbocycles. The first-order valence-corrected chi connectivity index (χ1v) is 6.40. The summed E-state index contributed by atoms with van der Waals surface area (Å²) in [5.41, 5.74) is 0. The van der Waals surface area contributed by atoms with Crippen LogP contribution in [0.15, 0.2) is 11.1 Å². The van der Waals surface area contributed by atoms with E-state index in [0.29, 0.717) is 37.3 Å². The first-order valence-electron chi connectivity index (χ1n) is 4.86. The maximum Gasteiger partial charge on any atom is 0.360 e. The van der Waals surface area contributed by atoms with Crippen LogP contribution in [-0.2, 0) is 18.3 Å². The molecule has 0 aromatic heterocycles. The molecular weight excluding hydrogens is 203 g/mol. The largest absolute Gasteiger partial charge is 0.497 e. The number of rotatable bonds is 5. The van der Waals surface area contributed by atoms with Gasteiger partial charge in [-0.15, -0.1) is 0 Å². The third-order valence-corrected chi connectivity index (χ3v) is 4.39. The molecule has 0 aliphatic carbocycles. The lowest BCUT2D eigenvalue weighted by Crippen LogP contribution is -1.98. The van der Waals surface area contributed by atoms with Crippen molar-refractivity contribution in [3.63, 3.8) is 0 Å². The van der Waals surface area contributed by atoms with Gasteiger partial charge in [-0.2, -0.15) is 0 Å². The molecule has 5 heteroatoms. The van der Waals surface area contributed by atoms with Gasteiger partial charge in [0.1, 0.15) is 5.76 Å². The second-order valence-corrected chi connectivity index (χ2v) is 4.99. The Labute approximate surface area is 84.8 Å². The summed E-state index contributed by atoms with van der Waals surface area (Å²) in [6, 6.07) is 0. The van der Waals surface area contributed by atoms with E-state index in [1.165, 1.54) is 0 Å². The predicted molar refractivity (Wildman–Crippen MR) is 54.1 cm³/mol. The summed E-state index contributed by atoms with van der Waals surface area (Å²) < 4.78 is 27.9. The minimum atomic E-state index is -3.07. The van der Waals surface area contributed by atoms with E-state index in [4.69, 9.17) is 13.8 Å². The smallest absolute Gasteiger partial charge is 0.360 e. The Kier molecular flexibility index (Phi) is 4.17. The maximum absolute atomic E-state index is 12.2. The highest BCUT2D eigenvalue weighted by atomic mass is 31.2. The van der Waals surface area contributed by atoms with E-state index >= 15 is 0 Å². The van der Waals surface area contributed by atoms with Crippen LogP contribution >= 0.6 is 7.60 Å². The molecule has 4 nitrogen and oxygen atoms in total. The Morgan fingerprint density at radius 3 is 2.29 bits per heavy atom. The van der Waals surface area contributed by atoms with Crippen molar-refractivity contribution in [3.8, 4) is 0 Å². The highest BCUT2D eigenvalue weighted by Crippen LogP contribution is 2.59. The van der Waals surface area contributed by atoms with Crippen LogP contribution in [0.25, 0.3) is 0 Å². The normalized spacial score (nSPS) is 17.4. The summed E-state index contributed by atoms with van der Waals surface area (Å²) >= 11 is 0. The van der Waals surface area contributed by atoms with E-state index in [1.54, 1.807) is 20.8 Å². The summed E-state index contributed by atoms with van der Waals surface area (Å²) in [5.74, 6) is 0.690. The van der Waals surface area contributed by atoms with Crippen LogP contribution < -0.4 is 0 Å². The van der Waals surface area contributed by atoms with Crippen molar-refractivity contribution in [2.24, 2.45) is 0 Å². The average molecular weight is 220 g/mol. The Bertz CT molecular complexity index is 262. The molecule has 0 amide bonds. The van der Waals surface area contributed by atoms with Gasteiger partial charge in [0.2, 0.25) is 0 Å². The minimum absolute atomic E-state index is 0.383. The van der Waals surface area contributed by atoms with E-state index in [0.717, 1.165) is 0 Å². The van der Waals surface area contributed by atoms with Gasteiger partial charge >= 0.3 is 7.60 Å². The maximum atomic E-state index is 12.2. The molecule has 0 unspecified atom stereocenters. The van der Waals surface area contributed by atoms with E-state index < -0.39 is 7.60 Å². The van der Waals surface area contributed by atoms with Gasteiger partial charge in [0.15, 0.2) is 0 Å². The van der Waals surface area contributed by atoms with Crippen LogP contribution in [0, 0.1) is 0 Å². The van der Waals surface area contributed by atoms with Gasteiger partial charge in [0.05, 0.1) is 25.1 Å². The number of ether oxygens (including phenoxy) is 1. The van der Waals surface area contributed by atoms with E-state index in [2.05, 4.69) is 0 Å². The second-order valence-electron chi connectivity index (χ2n) is 2.93. The van der Waals surface area contributed by atoms with Gasteiger partial charge in [-0.1, -0.05) is 0 Å². The van der Waals surface area contributed by atoms with Gasteiger partial charge in [-0.3, -0.25) is 4.57 Å². The van der Waals surface area contributed by atoms with Gasteiger partial charge in [-0.05, 0) is 20.8 Å². The number of hydrogen-bond acceptors (Lipinski definition) is 4. The Balaban J connectivity index is 2.87. The lowest BCUT2D eigenvalue weighted by Gasteiger charge is -2.17. The van der Waals surface area contributed by atoms with Gasteiger partial charge in [-0.25, -0.2) is 0 Å². The quantitative estimate of drug-likeness (QED) is 0.668. The third-order valence-electron chi connectivity index (χ3n) is 1.99. The summed E-state index contributed by atoms with van der Waals surface area (Å²) in [6.07, 6.45) is 0.642. The molecule has 0 bridgehead atoms. The molecule has 1 rings (SSSR count). The molecule has 0 radical (unpaired) electrons. The molecule has 1 aliphatic rings. The predicted octanol–water partition coefficient (Wildman–Crippen LogP) is 2.90. The van der Waals surface area contributed by atoms with Crippen molar-refractivity contribution < 1.29 is 18.3 Å². The standard InChI is InChI=1S/C9H17O4P/c1-4-12-14(10,13-5-2)9-6-7-11-8(9)3/h4-7H2,1-3H3.